The van der Waals surface area contributed by atoms with Crippen molar-refractivity contribution >= 4 is 19.4 Å². The van der Waals surface area contributed by atoms with Crippen LogP contribution in [0.3, 0.4) is 0 Å². The van der Waals surface area contributed by atoms with Gasteiger partial charge in [-0.25, -0.2) is 0 Å². The fourth-order valence-corrected chi connectivity index (χ4v) is 3.22. The van der Waals surface area contributed by atoms with E-state index in [0.717, 1.165) is 6.42 Å². The molecular formula is C15H22O2Se. The Morgan fingerprint density at radius 1 is 1.11 bits per heavy atom. The molecule has 2 nitrogen and oxygen atoms in total. The van der Waals surface area contributed by atoms with Crippen LogP contribution in [-0.2, 0) is 9.47 Å². The Bertz CT molecular complexity index is 319. The average molecular weight is 313 g/mol. The zero-order chi connectivity index (χ0) is 13.1. The molecule has 0 bridgehead atoms. The summed E-state index contributed by atoms with van der Waals surface area (Å²) in [6.07, 6.45) is 5.10. The molecule has 0 amide bonds. The molecule has 1 aromatic carbocycles. The van der Waals surface area contributed by atoms with Crippen molar-refractivity contribution in [3.05, 3.63) is 42.5 Å². The fourth-order valence-electron chi connectivity index (χ4n) is 1.46. The third-order valence-electron chi connectivity index (χ3n) is 2.25. The summed E-state index contributed by atoms with van der Waals surface area (Å²) in [5.74, 6) is 0. The molecule has 0 radical (unpaired) electrons. The van der Waals surface area contributed by atoms with Crippen molar-refractivity contribution in [1.29, 1.82) is 0 Å². The van der Waals surface area contributed by atoms with Crippen LogP contribution < -0.4 is 4.46 Å². The molecule has 1 aromatic rings. The second-order valence-corrected chi connectivity index (χ2v) is 6.11. The van der Waals surface area contributed by atoms with E-state index in [4.69, 9.17) is 9.47 Å². The maximum absolute atomic E-state index is 5.44. The van der Waals surface area contributed by atoms with Crippen molar-refractivity contribution in [3.8, 4) is 0 Å². The zero-order valence-corrected chi connectivity index (χ0v) is 12.9. The summed E-state index contributed by atoms with van der Waals surface area (Å²) in [4.78, 5) is 0. The predicted molar refractivity (Wildman–Crippen MR) is 77.4 cm³/mol. The first-order valence-electron chi connectivity index (χ1n) is 6.44. The van der Waals surface area contributed by atoms with Gasteiger partial charge in [-0.3, -0.25) is 0 Å². The molecule has 0 saturated carbocycles. The molecule has 0 aliphatic rings. The van der Waals surface area contributed by atoms with Gasteiger partial charge in [0.25, 0.3) is 0 Å². The van der Waals surface area contributed by atoms with Gasteiger partial charge in [0, 0.05) is 0 Å². The van der Waals surface area contributed by atoms with Crippen LogP contribution in [0.5, 0.6) is 0 Å². The molecule has 0 saturated heterocycles. The van der Waals surface area contributed by atoms with Crippen LogP contribution in [0.1, 0.15) is 20.3 Å². The van der Waals surface area contributed by atoms with Crippen molar-refractivity contribution < 1.29 is 9.47 Å². The monoisotopic (exact) mass is 314 g/mol. The molecule has 0 spiro atoms. The minimum atomic E-state index is -0.177. The van der Waals surface area contributed by atoms with E-state index < -0.39 is 0 Å². The van der Waals surface area contributed by atoms with Crippen LogP contribution >= 0.6 is 0 Å². The Morgan fingerprint density at radius 3 is 2.39 bits per heavy atom. The number of benzene rings is 1. The van der Waals surface area contributed by atoms with E-state index in [1.165, 1.54) is 9.78 Å². The molecule has 18 heavy (non-hydrogen) atoms. The molecule has 0 aliphatic carbocycles. The Hall–Kier alpha value is -0.601. The minimum absolute atomic E-state index is 0.177. The van der Waals surface area contributed by atoms with Crippen molar-refractivity contribution in [2.45, 2.75) is 31.9 Å². The van der Waals surface area contributed by atoms with Crippen molar-refractivity contribution in [3.63, 3.8) is 0 Å². The van der Waals surface area contributed by atoms with E-state index in [1.807, 2.05) is 19.9 Å². The fraction of sp³-hybridized carbons (Fsp3) is 0.467. The van der Waals surface area contributed by atoms with Crippen LogP contribution in [-0.4, -0.2) is 34.5 Å². The Kier molecular flexibility index (Phi) is 8.87. The van der Waals surface area contributed by atoms with Gasteiger partial charge in [0.15, 0.2) is 0 Å². The van der Waals surface area contributed by atoms with Crippen LogP contribution in [0.2, 0.25) is 5.32 Å². The van der Waals surface area contributed by atoms with Crippen LogP contribution in [0.4, 0.5) is 0 Å². The summed E-state index contributed by atoms with van der Waals surface area (Å²) < 4.78 is 12.3. The summed E-state index contributed by atoms with van der Waals surface area (Å²) in [7, 11) is 0. The Morgan fingerprint density at radius 2 is 1.78 bits per heavy atom. The van der Waals surface area contributed by atoms with Crippen molar-refractivity contribution in [1.82, 2.24) is 0 Å². The summed E-state index contributed by atoms with van der Waals surface area (Å²) in [5.41, 5.74) is 0. The van der Waals surface area contributed by atoms with Gasteiger partial charge >= 0.3 is 116 Å². The third kappa shape index (κ3) is 6.97. The summed E-state index contributed by atoms with van der Waals surface area (Å²) in [5, 5.41) is 1.22. The normalized spacial score (nSPS) is 11.5. The second kappa shape index (κ2) is 10.3. The number of allylic oxidation sites excluding steroid dienone is 1. The van der Waals surface area contributed by atoms with Crippen LogP contribution in [0, 0.1) is 0 Å². The summed E-state index contributed by atoms with van der Waals surface area (Å²) in [6, 6.07) is 10.7. The van der Waals surface area contributed by atoms with Crippen LogP contribution in [0.25, 0.3) is 0 Å². The van der Waals surface area contributed by atoms with Gasteiger partial charge < -0.3 is 0 Å². The summed E-state index contributed by atoms with van der Waals surface area (Å²) in [6.45, 7) is 5.34. The molecule has 0 atom stereocenters. The van der Waals surface area contributed by atoms with Gasteiger partial charge in [-0.1, -0.05) is 0 Å². The van der Waals surface area contributed by atoms with Gasteiger partial charge in [0.05, 0.1) is 0 Å². The number of hydrogen-bond acceptors (Lipinski definition) is 2. The van der Waals surface area contributed by atoms with Gasteiger partial charge in [-0.05, 0) is 0 Å². The van der Waals surface area contributed by atoms with Gasteiger partial charge in [-0.2, -0.15) is 0 Å². The molecule has 100 valence electrons. The molecule has 3 heteroatoms. The Balaban J connectivity index is 2.19. The van der Waals surface area contributed by atoms with E-state index in [2.05, 4.69) is 36.4 Å². The zero-order valence-electron chi connectivity index (χ0n) is 11.2. The molecule has 0 aliphatic heterocycles. The van der Waals surface area contributed by atoms with E-state index >= 15 is 0 Å². The van der Waals surface area contributed by atoms with Gasteiger partial charge in [0.2, 0.25) is 0 Å². The standard InChI is InChI=1S/C15H22O2Se/c1-3-16-15(17-4-2)12-8-9-13-18-14-10-6-5-7-11-14/h5-8,10-12,15H,3-4,9,13H2,1-2H3/b12-8+. The molecular weight excluding hydrogens is 291 g/mol. The molecule has 0 aromatic heterocycles. The third-order valence-corrected chi connectivity index (χ3v) is 4.44. The van der Waals surface area contributed by atoms with Crippen molar-refractivity contribution in [2.24, 2.45) is 0 Å². The maximum atomic E-state index is 5.44. The second-order valence-electron chi connectivity index (χ2n) is 3.66. The van der Waals surface area contributed by atoms with E-state index in [0.29, 0.717) is 28.2 Å². The van der Waals surface area contributed by atoms with Crippen LogP contribution in [0.15, 0.2) is 42.5 Å². The number of rotatable bonds is 9. The number of ether oxygens (including phenoxy) is 2. The van der Waals surface area contributed by atoms with E-state index in [-0.39, 0.29) is 6.29 Å². The Labute approximate surface area is 117 Å². The molecule has 0 unspecified atom stereocenters. The summed E-state index contributed by atoms with van der Waals surface area (Å²) >= 11 is 0.568. The first-order chi connectivity index (χ1) is 8.86. The van der Waals surface area contributed by atoms with Gasteiger partial charge in [0.1, 0.15) is 0 Å². The SMILES string of the molecule is CCOC(/C=C/CC[Se]c1ccccc1)OCC. The average Bonchev–Trinajstić information content (AvgIpc) is 2.40. The molecule has 1 rings (SSSR count). The quantitative estimate of drug-likeness (QED) is 0.302. The molecule has 0 fully saturated rings. The van der Waals surface area contributed by atoms with E-state index in [9.17, 15) is 0 Å². The van der Waals surface area contributed by atoms with Gasteiger partial charge in [-0.15, -0.1) is 0 Å². The first kappa shape index (κ1) is 15.5. The van der Waals surface area contributed by atoms with Crippen molar-refractivity contribution in [2.75, 3.05) is 13.2 Å². The molecule has 0 heterocycles. The topological polar surface area (TPSA) is 18.5 Å². The first-order valence-corrected chi connectivity index (χ1v) is 8.51. The molecule has 0 N–H and O–H groups in total. The van der Waals surface area contributed by atoms with E-state index in [1.54, 1.807) is 0 Å². The number of hydrogen-bond donors (Lipinski definition) is 0. The predicted octanol–water partition coefficient (Wildman–Crippen LogP) is 2.78.